The number of hydrogen-bond acceptors (Lipinski definition) is 4. The minimum atomic E-state index is -0.976. The van der Waals surface area contributed by atoms with Gasteiger partial charge in [0.15, 0.2) is 0 Å². The van der Waals surface area contributed by atoms with E-state index in [1.54, 1.807) is 58.9 Å². The average Bonchev–Trinajstić information content (AvgIpc) is 2.79. The van der Waals surface area contributed by atoms with Crippen molar-refractivity contribution < 1.29 is 19.1 Å². The van der Waals surface area contributed by atoms with Crippen LogP contribution in [0.1, 0.15) is 57.4 Å². The first kappa shape index (κ1) is 26.5. The Kier molecular flexibility index (Phi) is 9.26. The van der Waals surface area contributed by atoms with Gasteiger partial charge >= 0.3 is 6.09 Å². The van der Waals surface area contributed by atoms with Crippen molar-refractivity contribution in [1.82, 2.24) is 15.5 Å². The number of amides is 3. The van der Waals surface area contributed by atoms with Crippen LogP contribution in [0.25, 0.3) is 0 Å². The minimum absolute atomic E-state index is 0.224. The molecule has 0 heterocycles. The SMILES string of the molecule is C#Cc1ccccc1C(C(=O)NCc1ccccc1)N(CC)C(=O)C(C)NC(=O)OC(C)(C)C. The molecule has 3 amide bonds. The van der Waals surface area contributed by atoms with Crippen LogP contribution in [0.2, 0.25) is 0 Å². The van der Waals surface area contributed by atoms with Gasteiger partial charge in [0.2, 0.25) is 11.8 Å². The number of likely N-dealkylation sites (N-methyl/N-ethyl adjacent to an activating group) is 1. The molecule has 0 aliphatic rings. The van der Waals surface area contributed by atoms with E-state index < -0.39 is 29.7 Å². The number of ether oxygens (including phenoxy) is 1. The molecule has 0 saturated heterocycles. The van der Waals surface area contributed by atoms with Crippen LogP contribution in [0.4, 0.5) is 4.79 Å². The third kappa shape index (κ3) is 7.38. The Morgan fingerprint density at radius 1 is 1.06 bits per heavy atom. The molecule has 2 unspecified atom stereocenters. The van der Waals surface area contributed by atoms with Crippen LogP contribution in [-0.4, -0.2) is 41.0 Å². The summed E-state index contributed by atoms with van der Waals surface area (Å²) >= 11 is 0. The van der Waals surface area contributed by atoms with Gasteiger partial charge in [-0.25, -0.2) is 4.79 Å². The molecule has 0 aliphatic heterocycles. The highest BCUT2D eigenvalue weighted by atomic mass is 16.6. The number of alkyl carbamates (subject to hydrolysis) is 1. The number of nitrogens with one attached hydrogen (secondary N) is 2. The second-order valence-electron chi connectivity index (χ2n) is 8.83. The van der Waals surface area contributed by atoms with Crippen LogP contribution in [0.15, 0.2) is 54.6 Å². The number of hydrogen-bond donors (Lipinski definition) is 2. The summed E-state index contributed by atoms with van der Waals surface area (Å²) in [6, 6.07) is 14.6. The van der Waals surface area contributed by atoms with Crippen molar-refractivity contribution >= 4 is 17.9 Å². The Hall–Kier alpha value is -3.79. The molecule has 2 N–H and O–H groups in total. The summed E-state index contributed by atoms with van der Waals surface area (Å²) in [5.74, 6) is 1.80. The maximum atomic E-state index is 13.4. The lowest BCUT2D eigenvalue weighted by molar-refractivity contribution is -0.142. The van der Waals surface area contributed by atoms with Crippen LogP contribution >= 0.6 is 0 Å². The van der Waals surface area contributed by atoms with E-state index in [1.807, 2.05) is 30.3 Å². The maximum Gasteiger partial charge on any atom is 0.408 e. The summed E-state index contributed by atoms with van der Waals surface area (Å²) in [7, 11) is 0. The monoisotopic (exact) mass is 463 g/mol. The van der Waals surface area contributed by atoms with Crippen molar-refractivity contribution in [3.8, 4) is 12.3 Å². The molecule has 7 nitrogen and oxygen atoms in total. The molecule has 2 rings (SSSR count). The Labute approximate surface area is 201 Å². The van der Waals surface area contributed by atoms with Crippen molar-refractivity contribution in [2.24, 2.45) is 0 Å². The predicted molar refractivity (Wildman–Crippen MR) is 132 cm³/mol. The fraction of sp³-hybridized carbons (Fsp3) is 0.370. The Balaban J connectivity index is 2.33. The second kappa shape index (κ2) is 11.9. The third-order valence-corrected chi connectivity index (χ3v) is 5.01. The first-order chi connectivity index (χ1) is 16.1. The molecule has 2 atom stereocenters. The van der Waals surface area contributed by atoms with Crippen LogP contribution in [-0.2, 0) is 20.9 Å². The summed E-state index contributed by atoms with van der Waals surface area (Å²) in [4.78, 5) is 40.5. The molecule has 0 aromatic heterocycles. The smallest absolute Gasteiger partial charge is 0.408 e. The van der Waals surface area contributed by atoms with E-state index in [4.69, 9.17) is 11.2 Å². The Bertz CT molecular complexity index is 1040. The number of terminal acetylenes is 1. The van der Waals surface area contributed by atoms with E-state index in [0.717, 1.165) is 5.56 Å². The van der Waals surface area contributed by atoms with E-state index in [9.17, 15) is 14.4 Å². The van der Waals surface area contributed by atoms with E-state index in [1.165, 1.54) is 4.90 Å². The zero-order valence-corrected chi connectivity index (χ0v) is 20.4. The number of carbonyl (C=O) groups excluding carboxylic acids is 3. The number of carbonyl (C=O) groups is 3. The van der Waals surface area contributed by atoms with Gasteiger partial charge in [0.05, 0.1) is 0 Å². The summed E-state index contributed by atoms with van der Waals surface area (Å²) in [6.45, 7) is 9.06. The first-order valence-electron chi connectivity index (χ1n) is 11.2. The van der Waals surface area contributed by atoms with Crippen LogP contribution in [0.3, 0.4) is 0 Å². The van der Waals surface area contributed by atoms with Gasteiger partial charge in [-0.15, -0.1) is 6.42 Å². The number of rotatable bonds is 8. The Morgan fingerprint density at radius 2 is 1.68 bits per heavy atom. The normalized spacial score (nSPS) is 12.6. The van der Waals surface area contributed by atoms with Gasteiger partial charge in [0, 0.05) is 18.7 Å². The quantitative estimate of drug-likeness (QED) is 0.583. The van der Waals surface area contributed by atoms with Gasteiger partial charge in [-0.1, -0.05) is 54.5 Å². The molecule has 34 heavy (non-hydrogen) atoms. The van der Waals surface area contributed by atoms with Gasteiger partial charge < -0.3 is 20.3 Å². The van der Waals surface area contributed by atoms with Crippen molar-refractivity contribution in [3.05, 3.63) is 71.3 Å². The highest BCUT2D eigenvalue weighted by Crippen LogP contribution is 2.25. The van der Waals surface area contributed by atoms with Gasteiger partial charge in [-0.05, 0) is 51.8 Å². The molecular weight excluding hydrogens is 430 g/mol. The summed E-state index contributed by atoms with van der Waals surface area (Å²) in [5.41, 5.74) is 1.27. The van der Waals surface area contributed by atoms with Crippen molar-refractivity contribution in [1.29, 1.82) is 0 Å². The van der Waals surface area contributed by atoms with Crippen molar-refractivity contribution in [2.45, 2.75) is 58.8 Å². The topological polar surface area (TPSA) is 87.7 Å². The lowest BCUT2D eigenvalue weighted by Gasteiger charge is -2.33. The molecule has 2 aromatic rings. The lowest BCUT2D eigenvalue weighted by atomic mass is 9.97. The molecule has 0 spiro atoms. The fourth-order valence-corrected chi connectivity index (χ4v) is 3.46. The molecule has 180 valence electrons. The average molecular weight is 464 g/mol. The van der Waals surface area contributed by atoms with E-state index >= 15 is 0 Å². The van der Waals surface area contributed by atoms with Gasteiger partial charge in [-0.3, -0.25) is 9.59 Å². The number of nitrogens with zero attached hydrogens (tertiary/aromatic N) is 1. The second-order valence-corrected chi connectivity index (χ2v) is 8.83. The molecule has 7 heteroatoms. The highest BCUT2D eigenvalue weighted by molar-refractivity contribution is 5.92. The van der Waals surface area contributed by atoms with Crippen LogP contribution < -0.4 is 10.6 Å². The summed E-state index contributed by atoms with van der Waals surface area (Å²) in [5, 5.41) is 5.47. The van der Waals surface area contributed by atoms with Crippen molar-refractivity contribution in [2.75, 3.05) is 6.54 Å². The lowest BCUT2D eigenvalue weighted by Crippen LogP contribution is -2.52. The van der Waals surface area contributed by atoms with E-state index in [-0.39, 0.29) is 12.5 Å². The first-order valence-corrected chi connectivity index (χ1v) is 11.2. The van der Waals surface area contributed by atoms with Gasteiger partial charge in [-0.2, -0.15) is 0 Å². The van der Waals surface area contributed by atoms with Gasteiger partial charge in [0.25, 0.3) is 0 Å². The molecule has 0 saturated carbocycles. The fourth-order valence-electron chi connectivity index (χ4n) is 3.46. The highest BCUT2D eigenvalue weighted by Gasteiger charge is 2.34. The Morgan fingerprint density at radius 3 is 2.26 bits per heavy atom. The minimum Gasteiger partial charge on any atom is -0.444 e. The summed E-state index contributed by atoms with van der Waals surface area (Å²) in [6.07, 6.45) is 4.99. The van der Waals surface area contributed by atoms with Crippen molar-refractivity contribution in [3.63, 3.8) is 0 Å². The standard InChI is InChI=1S/C27H33N3O4/c1-7-21-16-12-13-17-22(21)23(24(31)28-18-20-14-10-9-11-15-20)30(8-2)25(32)19(3)29-26(33)34-27(4,5)6/h1,9-17,19,23H,8,18H2,2-6H3,(H,28,31)(H,29,33). The largest absolute Gasteiger partial charge is 0.444 e. The summed E-state index contributed by atoms with van der Waals surface area (Å²) < 4.78 is 5.26. The third-order valence-electron chi connectivity index (χ3n) is 5.01. The maximum absolute atomic E-state index is 13.4. The molecule has 0 radical (unpaired) electrons. The molecule has 0 aliphatic carbocycles. The molecule has 0 fully saturated rings. The van der Waals surface area contributed by atoms with E-state index in [0.29, 0.717) is 17.7 Å². The predicted octanol–water partition coefficient (Wildman–Crippen LogP) is 3.79. The van der Waals surface area contributed by atoms with Crippen LogP contribution in [0.5, 0.6) is 0 Å². The zero-order chi connectivity index (χ0) is 25.3. The molecular formula is C27H33N3O4. The van der Waals surface area contributed by atoms with Gasteiger partial charge in [0.1, 0.15) is 17.7 Å². The molecule has 0 bridgehead atoms. The van der Waals surface area contributed by atoms with Crippen LogP contribution in [0, 0.1) is 12.3 Å². The number of benzene rings is 2. The zero-order valence-electron chi connectivity index (χ0n) is 20.4. The van der Waals surface area contributed by atoms with E-state index in [2.05, 4.69) is 16.6 Å². The molecule has 2 aromatic carbocycles.